The number of hydrogen-bond donors (Lipinski definition) is 3. The van der Waals surface area contributed by atoms with Crippen LogP contribution < -0.4 is 16.2 Å². The van der Waals surface area contributed by atoms with Gasteiger partial charge in [0.05, 0.1) is 28.8 Å². The van der Waals surface area contributed by atoms with Crippen LogP contribution in [0.3, 0.4) is 0 Å². The van der Waals surface area contributed by atoms with Crippen molar-refractivity contribution in [3.05, 3.63) is 52.3 Å². The van der Waals surface area contributed by atoms with Crippen LogP contribution >= 0.6 is 11.6 Å². The van der Waals surface area contributed by atoms with E-state index in [9.17, 15) is 9.59 Å². The Morgan fingerprint density at radius 2 is 2.14 bits per heavy atom. The number of aromatic nitrogens is 5. The van der Waals surface area contributed by atoms with E-state index in [4.69, 9.17) is 11.6 Å². The normalized spacial score (nSPS) is 18.4. The molecule has 0 spiro atoms. The van der Waals surface area contributed by atoms with Gasteiger partial charge in [-0.05, 0) is 18.9 Å². The number of anilines is 1. The number of nitrogens with one attached hydrogen (secondary N) is 3. The molecule has 3 heterocycles. The molecule has 10 heteroatoms. The number of H-pyrrole nitrogens is 1. The molecule has 9 nitrogen and oxygen atoms in total. The Hall–Kier alpha value is -3.20. The van der Waals surface area contributed by atoms with E-state index in [0.29, 0.717) is 22.4 Å². The van der Waals surface area contributed by atoms with Crippen LogP contribution in [0.4, 0.5) is 5.95 Å². The molecule has 3 N–H and O–H groups in total. The average Bonchev–Trinajstić information content (AvgIpc) is 3.15. The lowest BCUT2D eigenvalue weighted by atomic mass is 9.80. The zero-order valence-electron chi connectivity index (χ0n) is 15.0. The fraction of sp³-hybridized carbons (Fsp3) is 0.278. The SMILES string of the molecule is CNC(=O)[C@H]1C[C@H](Nc2ncc(Cl)c(-c3cnn(-c4ccc(=O)[nH]c4)c3)n2)C1. The van der Waals surface area contributed by atoms with Crippen molar-refractivity contribution in [2.75, 3.05) is 12.4 Å². The van der Waals surface area contributed by atoms with E-state index in [2.05, 4.69) is 30.7 Å². The third-order valence-corrected chi connectivity index (χ3v) is 5.00. The van der Waals surface area contributed by atoms with Crippen molar-refractivity contribution in [1.29, 1.82) is 0 Å². The zero-order valence-corrected chi connectivity index (χ0v) is 15.8. The van der Waals surface area contributed by atoms with Crippen molar-refractivity contribution in [1.82, 2.24) is 30.0 Å². The lowest BCUT2D eigenvalue weighted by molar-refractivity contribution is -0.127. The molecule has 3 aromatic rings. The number of halogens is 1. The van der Waals surface area contributed by atoms with Gasteiger partial charge in [0.15, 0.2) is 0 Å². The Kier molecular flexibility index (Phi) is 4.82. The molecule has 0 unspecified atom stereocenters. The van der Waals surface area contributed by atoms with Gasteiger partial charge in [-0.2, -0.15) is 5.10 Å². The van der Waals surface area contributed by atoms with E-state index in [1.165, 1.54) is 6.07 Å². The van der Waals surface area contributed by atoms with Crippen molar-refractivity contribution in [3.8, 4) is 16.9 Å². The maximum absolute atomic E-state index is 11.6. The Morgan fingerprint density at radius 1 is 1.32 bits per heavy atom. The molecule has 0 saturated heterocycles. The Bertz CT molecular complexity index is 1050. The summed E-state index contributed by atoms with van der Waals surface area (Å²) in [5, 5.41) is 10.6. The number of hydrogen-bond acceptors (Lipinski definition) is 6. The van der Waals surface area contributed by atoms with Crippen LogP contribution in [-0.4, -0.2) is 43.7 Å². The zero-order chi connectivity index (χ0) is 19.7. The number of nitrogens with zero attached hydrogens (tertiary/aromatic N) is 4. The minimum atomic E-state index is -0.180. The van der Waals surface area contributed by atoms with Crippen LogP contribution in [0.15, 0.2) is 41.7 Å². The van der Waals surface area contributed by atoms with Gasteiger partial charge in [-0.15, -0.1) is 0 Å². The van der Waals surface area contributed by atoms with E-state index >= 15 is 0 Å². The third kappa shape index (κ3) is 3.61. The highest BCUT2D eigenvalue weighted by Gasteiger charge is 2.34. The summed E-state index contributed by atoms with van der Waals surface area (Å²) in [7, 11) is 1.64. The quantitative estimate of drug-likeness (QED) is 0.600. The minimum Gasteiger partial charge on any atom is -0.359 e. The van der Waals surface area contributed by atoms with Crippen molar-refractivity contribution in [2.24, 2.45) is 5.92 Å². The Labute approximate surface area is 165 Å². The van der Waals surface area contributed by atoms with Crippen molar-refractivity contribution in [2.45, 2.75) is 18.9 Å². The molecule has 1 aliphatic rings. The highest BCUT2D eigenvalue weighted by Crippen LogP contribution is 2.31. The first-order valence-electron chi connectivity index (χ1n) is 8.78. The summed E-state index contributed by atoms with van der Waals surface area (Å²) in [5.74, 6) is 0.548. The fourth-order valence-corrected chi connectivity index (χ4v) is 3.31. The first-order valence-corrected chi connectivity index (χ1v) is 9.16. The first-order chi connectivity index (χ1) is 13.5. The average molecular weight is 400 g/mol. The van der Waals surface area contributed by atoms with E-state index in [-0.39, 0.29) is 23.4 Å². The van der Waals surface area contributed by atoms with E-state index in [1.807, 2.05) is 0 Å². The molecular weight excluding hydrogens is 382 g/mol. The molecular formula is C18H18ClN7O2. The molecule has 1 fully saturated rings. The molecule has 4 rings (SSSR count). The molecule has 28 heavy (non-hydrogen) atoms. The fourth-order valence-electron chi connectivity index (χ4n) is 3.11. The van der Waals surface area contributed by atoms with Crippen molar-refractivity contribution >= 4 is 23.5 Å². The third-order valence-electron chi connectivity index (χ3n) is 4.72. The van der Waals surface area contributed by atoms with E-state index in [0.717, 1.165) is 18.4 Å². The smallest absolute Gasteiger partial charge is 0.248 e. The van der Waals surface area contributed by atoms with Gasteiger partial charge in [-0.1, -0.05) is 11.6 Å². The first kappa shape index (κ1) is 18.2. The number of amides is 1. The summed E-state index contributed by atoms with van der Waals surface area (Å²) >= 11 is 6.28. The van der Waals surface area contributed by atoms with Crippen LogP contribution in [0.25, 0.3) is 16.9 Å². The topological polar surface area (TPSA) is 118 Å². The van der Waals surface area contributed by atoms with Crippen LogP contribution in [0.5, 0.6) is 0 Å². The molecule has 0 aliphatic heterocycles. The maximum Gasteiger partial charge on any atom is 0.248 e. The summed E-state index contributed by atoms with van der Waals surface area (Å²) in [6, 6.07) is 3.25. The van der Waals surface area contributed by atoms with Crippen LogP contribution in [0, 0.1) is 5.92 Å². The molecule has 0 radical (unpaired) electrons. The second-order valence-electron chi connectivity index (χ2n) is 6.60. The van der Waals surface area contributed by atoms with Crippen LogP contribution in [0.2, 0.25) is 5.02 Å². The van der Waals surface area contributed by atoms with Gasteiger partial charge in [-0.3, -0.25) is 9.59 Å². The Morgan fingerprint density at radius 3 is 2.86 bits per heavy atom. The molecule has 3 aromatic heterocycles. The van der Waals surface area contributed by atoms with Gasteiger partial charge in [0.25, 0.3) is 0 Å². The second kappa shape index (κ2) is 7.43. The number of rotatable bonds is 5. The van der Waals surface area contributed by atoms with Crippen molar-refractivity contribution in [3.63, 3.8) is 0 Å². The number of carbonyl (C=O) groups is 1. The standard InChI is InChI=1S/C18H18ClN7O2/c1-20-17(28)10-4-12(5-10)24-18-22-8-14(19)16(25-18)11-6-23-26(9-11)13-2-3-15(27)21-7-13/h2-3,6-10,12H,4-5H2,1H3,(H,20,28)(H,21,27)(H,22,24,25)/t10-,12-. The lowest BCUT2D eigenvalue weighted by Crippen LogP contribution is -2.43. The number of aromatic amines is 1. The highest BCUT2D eigenvalue weighted by molar-refractivity contribution is 6.32. The molecule has 0 aromatic carbocycles. The van der Waals surface area contributed by atoms with Crippen LogP contribution in [0.1, 0.15) is 12.8 Å². The maximum atomic E-state index is 11.6. The van der Waals surface area contributed by atoms with Gasteiger partial charge in [0.1, 0.15) is 0 Å². The van der Waals surface area contributed by atoms with Gasteiger partial charge in [-0.25, -0.2) is 14.6 Å². The van der Waals surface area contributed by atoms with Gasteiger partial charge >= 0.3 is 0 Å². The molecule has 0 bridgehead atoms. The summed E-state index contributed by atoms with van der Waals surface area (Å²) in [4.78, 5) is 34.2. The lowest BCUT2D eigenvalue weighted by Gasteiger charge is -2.34. The molecule has 1 amide bonds. The van der Waals surface area contributed by atoms with E-state index in [1.54, 1.807) is 42.6 Å². The largest absolute Gasteiger partial charge is 0.359 e. The predicted molar refractivity (Wildman–Crippen MR) is 104 cm³/mol. The summed E-state index contributed by atoms with van der Waals surface area (Å²) in [6.07, 6.45) is 8.02. The Balaban J connectivity index is 1.51. The highest BCUT2D eigenvalue weighted by atomic mass is 35.5. The second-order valence-corrected chi connectivity index (χ2v) is 7.01. The van der Waals surface area contributed by atoms with Crippen molar-refractivity contribution < 1.29 is 4.79 Å². The van der Waals surface area contributed by atoms with E-state index < -0.39 is 0 Å². The number of carbonyl (C=O) groups excluding carboxylic acids is 1. The molecule has 144 valence electrons. The molecule has 1 saturated carbocycles. The minimum absolute atomic E-state index is 0.0322. The van der Waals surface area contributed by atoms with Gasteiger partial charge in [0.2, 0.25) is 17.4 Å². The molecule has 1 aliphatic carbocycles. The van der Waals surface area contributed by atoms with Crippen LogP contribution in [-0.2, 0) is 4.79 Å². The summed E-state index contributed by atoms with van der Waals surface area (Å²) < 4.78 is 1.62. The molecule has 0 atom stereocenters. The predicted octanol–water partition coefficient (Wildman–Crippen LogP) is 1.61. The van der Waals surface area contributed by atoms with Gasteiger partial charge in [0, 0.05) is 43.0 Å². The summed E-state index contributed by atoms with van der Waals surface area (Å²) in [6.45, 7) is 0. The number of pyridine rings is 1. The van der Waals surface area contributed by atoms with Gasteiger partial charge < -0.3 is 15.6 Å². The summed E-state index contributed by atoms with van der Waals surface area (Å²) in [5.41, 5.74) is 1.81. The monoisotopic (exact) mass is 399 g/mol.